The van der Waals surface area contributed by atoms with E-state index in [0.29, 0.717) is 6.54 Å². The fraction of sp³-hybridized carbons (Fsp3) is 0.357. The van der Waals surface area contributed by atoms with Gasteiger partial charge in [0.2, 0.25) is 0 Å². The van der Waals surface area contributed by atoms with Crippen LogP contribution in [0.3, 0.4) is 0 Å². The SMILES string of the molecule is Cc1ccc(-c2c(Br)c(CCN)nn2C)cc1C. The molecule has 0 spiro atoms. The molecule has 0 unspecified atom stereocenters. The normalized spacial score (nSPS) is 10.9. The van der Waals surface area contributed by atoms with Gasteiger partial charge in [-0.2, -0.15) is 5.10 Å². The van der Waals surface area contributed by atoms with Gasteiger partial charge in [-0.15, -0.1) is 0 Å². The summed E-state index contributed by atoms with van der Waals surface area (Å²) < 4.78 is 2.97. The fourth-order valence-corrected chi connectivity index (χ4v) is 2.82. The number of benzene rings is 1. The van der Waals surface area contributed by atoms with Crippen molar-refractivity contribution in [1.82, 2.24) is 9.78 Å². The molecule has 0 atom stereocenters. The molecule has 2 rings (SSSR count). The van der Waals surface area contributed by atoms with Crippen molar-refractivity contribution in [2.75, 3.05) is 6.54 Å². The molecule has 1 heterocycles. The number of hydrogen-bond acceptors (Lipinski definition) is 2. The van der Waals surface area contributed by atoms with E-state index in [1.54, 1.807) is 0 Å². The highest BCUT2D eigenvalue weighted by Gasteiger charge is 2.15. The summed E-state index contributed by atoms with van der Waals surface area (Å²) in [6.07, 6.45) is 0.791. The molecule has 1 aromatic heterocycles. The first-order valence-corrected chi connectivity index (χ1v) is 6.83. The van der Waals surface area contributed by atoms with Crippen LogP contribution in [0.25, 0.3) is 11.3 Å². The van der Waals surface area contributed by atoms with Gasteiger partial charge in [0.1, 0.15) is 0 Å². The molecule has 4 heteroatoms. The first-order valence-electron chi connectivity index (χ1n) is 6.03. The van der Waals surface area contributed by atoms with E-state index in [9.17, 15) is 0 Å². The summed E-state index contributed by atoms with van der Waals surface area (Å²) in [5.41, 5.74) is 11.5. The van der Waals surface area contributed by atoms with Crippen molar-refractivity contribution >= 4 is 15.9 Å². The number of hydrogen-bond donors (Lipinski definition) is 1. The lowest BCUT2D eigenvalue weighted by molar-refractivity contribution is 0.745. The highest BCUT2D eigenvalue weighted by molar-refractivity contribution is 9.10. The Morgan fingerprint density at radius 3 is 2.61 bits per heavy atom. The second kappa shape index (κ2) is 5.24. The van der Waals surface area contributed by atoms with Crippen LogP contribution in [0, 0.1) is 13.8 Å². The van der Waals surface area contributed by atoms with E-state index in [0.717, 1.165) is 22.3 Å². The lowest BCUT2D eigenvalue weighted by atomic mass is 10.0. The summed E-state index contributed by atoms with van der Waals surface area (Å²) in [5.74, 6) is 0. The molecule has 2 aromatic rings. The van der Waals surface area contributed by atoms with Gasteiger partial charge < -0.3 is 5.73 Å². The van der Waals surface area contributed by atoms with Gasteiger partial charge >= 0.3 is 0 Å². The summed E-state index contributed by atoms with van der Waals surface area (Å²) in [7, 11) is 1.97. The first-order chi connectivity index (χ1) is 8.54. The van der Waals surface area contributed by atoms with E-state index in [1.165, 1.54) is 16.7 Å². The van der Waals surface area contributed by atoms with Gasteiger partial charge in [-0.05, 0) is 53.5 Å². The predicted octanol–water partition coefficient (Wildman–Crippen LogP) is 2.97. The topological polar surface area (TPSA) is 43.8 Å². The van der Waals surface area contributed by atoms with Crippen molar-refractivity contribution in [3.05, 3.63) is 39.5 Å². The molecule has 1 aromatic carbocycles. The maximum absolute atomic E-state index is 5.60. The van der Waals surface area contributed by atoms with Crippen molar-refractivity contribution < 1.29 is 0 Å². The summed E-state index contributed by atoms with van der Waals surface area (Å²) in [6.45, 7) is 4.86. The van der Waals surface area contributed by atoms with Crippen LogP contribution in [0.5, 0.6) is 0 Å². The average molecular weight is 308 g/mol. The van der Waals surface area contributed by atoms with Gasteiger partial charge in [0.25, 0.3) is 0 Å². The molecule has 0 saturated heterocycles. The van der Waals surface area contributed by atoms with E-state index in [4.69, 9.17) is 5.73 Å². The number of aromatic nitrogens is 2. The Hall–Kier alpha value is -1.13. The van der Waals surface area contributed by atoms with E-state index in [1.807, 2.05) is 11.7 Å². The number of aryl methyl sites for hydroxylation is 3. The Labute approximate surface area is 116 Å². The zero-order chi connectivity index (χ0) is 13.3. The maximum Gasteiger partial charge on any atom is 0.0824 e. The highest BCUT2D eigenvalue weighted by atomic mass is 79.9. The number of rotatable bonds is 3. The predicted molar refractivity (Wildman–Crippen MR) is 78.6 cm³/mol. The minimum Gasteiger partial charge on any atom is -0.330 e. The molecule has 0 saturated carbocycles. The lowest BCUT2D eigenvalue weighted by Gasteiger charge is -2.06. The number of halogens is 1. The van der Waals surface area contributed by atoms with Gasteiger partial charge in [-0.3, -0.25) is 4.68 Å². The van der Waals surface area contributed by atoms with Gasteiger partial charge in [0.15, 0.2) is 0 Å². The molecule has 2 N–H and O–H groups in total. The van der Waals surface area contributed by atoms with Crippen LogP contribution in [-0.2, 0) is 13.5 Å². The van der Waals surface area contributed by atoms with E-state index < -0.39 is 0 Å². The zero-order valence-electron chi connectivity index (χ0n) is 11.0. The Morgan fingerprint density at radius 1 is 1.28 bits per heavy atom. The van der Waals surface area contributed by atoms with Crippen LogP contribution >= 0.6 is 15.9 Å². The van der Waals surface area contributed by atoms with Crippen molar-refractivity contribution in [2.24, 2.45) is 12.8 Å². The monoisotopic (exact) mass is 307 g/mol. The van der Waals surface area contributed by atoms with Crippen LogP contribution in [0.15, 0.2) is 22.7 Å². The third kappa shape index (κ3) is 2.35. The van der Waals surface area contributed by atoms with E-state index in [2.05, 4.69) is 53.1 Å². The lowest BCUT2D eigenvalue weighted by Crippen LogP contribution is -2.04. The molecular weight excluding hydrogens is 290 g/mol. The molecule has 0 amide bonds. The molecule has 3 nitrogen and oxygen atoms in total. The average Bonchev–Trinajstić information content (AvgIpc) is 2.59. The molecule has 18 heavy (non-hydrogen) atoms. The van der Waals surface area contributed by atoms with Crippen LogP contribution in [-0.4, -0.2) is 16.3 Å². The smallest absolute Gasteiger partial charge is 0.0824 e. The molecule has 0 aliphatic carbocycles. The van der Waals surface area contributed by atoms with Gasteiger partial charge in [-0.1, -0.05) is 12.1 Å². The van der Waals surface area contributed by atoms with Crippen molar-refractivity contribution in [3.8, 4) is 11.3 Å². The van der Waals surface area contributed by atoms with E-state index in [-0.39, 0.29) is 0 Å². The Balaban J connectivity index is 2.53. The minimum atomic E-state index is 0.613. The summed E-state index contributed by atoms with van der Waals surface area (Å²) >= 11 is 3.64. The third-order valence-corrected chi connectivity index (χ3v) is 4.05. The Bertz CT molecular complexity index is 573. The zero-order valence-corrected chi connectivity index (χ0v) is 12.6. The standard InChI is InChI=1S/C14H18BrN3/c1-9-4-5-11(8-10(9)2)14-13(15)12(6-7-16)17-18(14)3/h4-5,8H,6-7,16H2,1-3H3. The highest BCUT2D eigenvalue weighted by Crippen LogP contribution is 2.31. The summed E-state index contributed by atoms with van der Waals surface area (Å²) in [6, 6.07) is 6.48. The quantitative estimate of drug-likeness (QED) is 0.947. The van der Waals surface area contributed by atoms with Crippen LogP contribution < -0.4 is 5.73 Å². The molecule has 0 aliphatic heterocycles. The fourth-order valence-electron chi connectivity index (χ4n) is 2.05. The molecule has 0 fully saturated rings. The maximum atomic E-state index is 5.60. The number of nitrogens with two attached hydrogens (primary N) is 1. The van der Waals surface area contributed by atoms with Gasteiger partial charge in [-0.25, -0.2) is 0 Å². The first kappa shape index (κ1) is 13.3. The largest absolute Gasteiger partial charge is 0.330 e. The molecular formula is C14H18BrN3. The Morgan fingerprint density at radius 2 is 2.00 bits per heavy atom. The molecule has 0 aliphatic rings. The number of nitrogens with zero attached hydrogens (tertiary/aromatic N) is 2. The second-order valence-corrected chi connectivity index (χ2v) is 5.36. The van der Waals surface area contributed by atoms with Crippen molar-refractivity contribution in [1.29, 1.82) is 0 Å². The van der Waals surface area contributed by atoms with Crippen LogP contribution in [0.4, 0.5) is 0 Å². The third-order valence-electron chi connectivity index (χ3n) is 3.22. The van der Waals surface area contributed by atoms with Crippen molar-refractivity contribution in [2.45, 2.75) is 20.3 Å². The van der Waals surface area contributed by atoms with Crippen LogP contribution in [0.1, 0.15) is 16.8 Å². The van der Waals surface area contributed by atoms with Gasteiger partial charge in [0.05, 0.1) is 15.9 Å². The summed E-state index contributed by atoms with van der Waals surface area (Å²) in [5, 5.41) is 4.52. The Kier molecular flexibility index (Phi) is 3.88. The van der Waals surface area contributed by atoms with Crippen LogP contribution in [0.2, 0.25) is 0 Å². The molecule has 0 bridgehead atoms. The minimum absolute atomic E-state index is 0.613. The second-order valence-electron chi connectivity index (χ2n) is 4.57. The molecule has 96 valence electrons. The van der Waals surface area contributed by atoms with Gasteiger partial charge in [0, 0.05) is 19.0 Å². The summed E-state index contributed by atoms with van der Waals surface area (Å²) in [4.78, 5) is 0. The van der Waals surface area contributed by atoms with Crippen molar-refractivity contribution in [3.63, 3.8) is 0 Å². The van der Waals surface area contributed by atoms with E-state index >= 15 is 0 Å². The molecule has 0 radical (unpaired) electrons.